The summed E-state index contributed by atoms with van der Waals surface area (Å²) in [6.45, 7) is 3.63. The Morgan fingerprint density at radius 2 is 2.25 bits per heavy atom. The zero-order chi connectivity index (χ0) is 12.1. The summed E-state index contributed by atoms with van der Waals surface area (Å²) in [4.78, 5) is 10.6. The van der Waals surface area contributed by atoms with Crippen LogP contribution in [0, 0.1) is 12.7 Å². The van der Waals surface area contributed by atoms with Crippen LogP contribution in [0.15, 0.2) is 18.2 Å². The second kappa shape index (κ2) is 5.66. The van der Waals surface area contributed by atoms with E-state index in [1.165, 1.54) is 13.0 Å². The second-order valence-electron chi connectivity index (χ2n) is 3.46. The van der Waals surface area contributed by atoms with Crippen LogP contribution in [0.2, 0.25) is 5.02 Å². The van der Waals surface area contributed by atoms with E-state index in [1.807, 2.05) is 6.92 Å². The van der Waals surface area contributed by atoms with Gasteiger partial charge in [0, 0.05) is 24.1 Å². The number of rotatable bonds is 3. The van der Waals surface area contributed by atoms with Gasteiger partial charge in [-0.1, -0.05) is 23.8 Å². The first-order valence-corrected chi connectivity index (χ1v) is 5.25. The Bertz CT molecular complexity index is 429. The van der Waals surface area contributed by atoms with E-state index in [0.717, 1.165) is 5.56 Å². The molecule has 0 saturated heterocycles. The van der Waals surface area contributed by atoms with Crippen LogP contribution in [0.5, 0.6) is 0 Å². The topological polar surface area (TPSA) is 29.1 Å². The predicted molar refractivity (Wildman–Crippen MR) is 63.9 cm³/mol. The van der Waals surface area contributed by atoms with Gasteiger partial charge in [0.1, 0.15) is 5.82 Å². The molecule has 0 aromatic heterocycles. The minimum atomic E-state index is -0.366. The number of nitrogens with one attached hydrogen (secondary N) is 1. The molecule has 16 heavy (non-hydrogen) atoms. The van der Waals surface area contributed by atoms with Gasteiger partial charge in [0.25, 0.3) is 0 Å². The van der Waals surface area contributed by atoms with Crippen molar-refractivity contribution in [3.63, 3.8) is 0 Å². The zero-order valence-corrected chi connectivity index (χ0v) is 9.94. The molecule has 0 spiro atoms. The first-order valence-electron chi connectivity index (χ1n) is 4.87. The monoisotopic (exact) mass is 241 g/mol. The number of hydrogen-bond donors (Lipinski definition) is 1. The summed E-state index contributed by atoms with van der Waals surface area (Å²) in [5.41, 5.74) is 1.29. The van der Waals surface area contributed by atoms with Gasteiger partial charge in [-0.15, -0.1) is 0 Å². The molecule has 1 aromatic carbocycles. The van der Waals surface area contributed by atoms with Gasteiger partial charge in [0.15, 0.2) is 0 Å². The maximum atomic E-state index is 13.4. The number of carbonyl (C=O) groups is 1. The van der Waals surface area contributed by atoms with E-state index in [4.69, 9.17) is 11.6 Å². The molecule has 2 nitrogen and oxygen atoms in total. The minimum absolute atomic E-state index is 0.114. The Balaban J connectivity index is 2.73. The third kappa shape index (κ3) is 3.66. The van der Waals surface area contributed by atoms with Gasteiger partial charge in [-0.2, -0.15) is 0 Å². The highest BCUT2D eigenvalue weighted by molar-refractivity contribution is 6.31. The van der Waals surface area contributed by atoms with E-state index in [1.54, 1.807) is 18.2 Å². The molecule has 1 aromatic rings. The number of amides is 1. The molecule has 1 amide bonds. The van der Waals surface area contributed by atoms with Crippen molar-refractivity contribution in [3.05, 3.63) is 40.2 Å². The number of aryl methyl sites for hydroxylation is 1. The molecule has 86 valence electrons. The van der Waals surface area contributed by atoms with Crippen LogP contribution in [0.4, 0.5) is 4.39 Å². The molecule has 0 heterocycles. The molecule has 0 fully saturated rings. The summed E-state index contributed by atoms with van der Waals surface area (Å²) in [6.07, 6.45) is 3.31. The van der Waals surface area contributed by atoms with Crippen LogP contribution in [0.3, 0.4) is 0 Å². The first-order chi connectivity index (χ1) is 7.50. The third-order valence-corrected chi connectivity index (χ3v) is 2.45. The van der Waals surface area contributed by atoms with E-state index >= 15 is 0 Å². The quantitative estimate of drug-likeness (QED) is 0.866. The van der Waals surface area contributed by atoms with Gasteiger partial charge in [0.05, 0.1) is 0 Å². The fourth-order valence-electron chi connectivity index (χ4n) is 1.20. The highest BCUT2D eigenvalue weighted by Crippen LogP contribution is 2.20. The normalized spacial score (nSPS) is 10.8. The molecule has 1 N–H and O–H groups in total. The lowest BCUT2D eigenvalue weighted by Gasteiger charge is -2.02. The number of carbonyl (C=O) groups excluding carboxylic acids is 1. The number of halogens is 2. The fraction of sp³-hybridized carbons (Fsp3) is 0.250. The van der Waals surface area contributed by atoms with Crippen LogP contribution >= 0.6 is 11.6 Å². The van der Waals surface area contributed by atoms with Crippen LogP contribution in [0.25, 0.3) is 6.08 Å². The highest BCUT2D eigenvalue weighted by Gasteiger charge is 2.02. The highest BCUT2D eigenvalue weighted by atomic mass is 35.5. The zero-order valence-electron chi connectivity index (χ0n) is 9.18. The van der Waals surface area contributed by atoms with Crippen molar-refractivity contribution in [1.82, 2.24) is 5.32 Å². The molecule has 0 aliphatic rings. The minimum Gasteiger partial charge on any atom is -0.353 e. The van der Waals surface area contributed by atoms with E-state index in [0.29, 0.717) is 17.1 Å². The first kappa shape index (κ1) is 12.7. The molecule has 0 atom stereocenters. The van der Waals surface area contributed by atoms with Gasteiger partial charge in [-0.3, -0.25) is 4.79 Å². The van der Waals surface area contributed by atoms with Crippen molar-refractivity contribution in [1.29, 1.82) is 0 Å². The molecule has 0 bridgehead atoms. The third-order valence-electron chi connectivity index (χ3n) is 2.04. The van der Waals surface area contributed by atoms with Gasteiger partial charge in [0.2, 0.25) is 5.91 Å². The van der Waals surface area contributed by atoms with Crippen molar-refractivity contribution in [2.24, 2.45) is 0 Å². The Morgan fingerprint density at radius 3 is 2.88 bits per heavy atom. The van der Waals surface area contributed by atoms with E-state index in [2.05, 4.69) is 5.32 Å². The Labute approximate surface area is 99.1 Å². The Morgan fingerprint density at radius 1 is 1.56 bits per heavy atom. The molecular formula is C12H13ClFNO. The molecule has 4 heteroatoms. The molecule has 0 saturated carbocycles. The largest absolute Gasteiger partial charge is 0.353 e. The number of hydrogen-bond acceptors (Lipinski definition) is 1. The van der Waals surface area contributed by atoms with Gasteiger partial charge in [-0.05, 0) is 24.6 Å². The maximum absolute atomic E-state index is 13.4. The van der Waals surface area contributed by atoms with Crippen molar-refractivity contribution in [2.45, 2.75) is 13.8 Å². The van der Waals surface area contributed by atoms with Gasteiger partial charge >= 0.3 is 0 Å². The van der Waals surface area contributed by atoms with Gasteiger partial charge < -0.3 is 5.32 Å². The Kier molecular flexibility index (Phi) is 4.50. The van der Waals surface area contributed by atoms with Crippen LogP contribution in [0.1, 0.15) is 18.1 Å². The average molecular weight is 242 g/mol. The lowest BCUT2D eigenvalue weighted by molar-refractivity contribution is -0.118. The predicted octanol–water partition coefficient (Wildman–Crippen LogP) is 2.94. The van der Waals surface area contributed by atoms with Crippen molar-refractivity contribution in [2.75, 3.05) is 6.54 Å². The molecule has 0 aliphatic carbocycles. The molecule has 0 unspecified atom stereocenters. The van der Waals surface area contributed by atoms with Crippen molar-refractivity contribution < 1.29 is 9.18 Å². The maximum Gasteiger partial charge on any atom is 0.217 e. The molecular weight excluding hydrogens is 229 g/mol. The molecule has 0 aliphatic heterocycles. The summed E-state index contributed by atoms with van der Waals surface area (Å²) < 4.78 is 13.4. The summed E-state index contributed by atoms with van der Waals surface area (Å²) in [5.74, 6) is -0.480. The lowest BCUT2D eigenvalue weighted by Crippen LogP contribution is -2.19. The Hall–Kier alpha value is -1.35. The molecule has 1 rings (SSSR count). The second-order valence-corrected chi connectivity index (χ2v) is 3.87. The van der Waals surface area contributed by atoms with E-state index < -0.39 is 0 Å². The van der Waals surface area contributed by atoms with Crippen LogP contribution < -0.4 is 5.32 Å². The molecule has 0 radical (unpaired) electrons. The summed E-state index contributed by atoms with van der Waals surface area (Å²) in [7, 11) is 0. The summed E-state index contributed by atoms with van der Waals surface area (Å²) in [5, 5.41) is 3.00. The smallest absolute Gasteiger partial charge is 0.217 e. The fourth-order valence-corrected chi connectivity index (χ4v) is 1.35. The van der Waals surface area contributed by atoms with Gasteiger partial charge in [-0.25, -0.2) is 4.39 Å². The van der Waals surface area contributed by atoms with E-state index in [9.17, 15) is 9.18 Å². The standard InChI is InChI=1S/C12H13ClFNO/c1-8-6-10(12(14)7-11(8)13)4-3-5-15-9(2)16/h3-4,6-7H,5H2,1-2H3,(H,15,16). The van der Waals surface area contributed by atoms with Crippen molar-refractivity contribution in [3.8, 4) is 0 Å². The average Bonchev–Trinajstić information content (AvgIpc) is 2.19. The summed E-state index contributed by atoms with van der Waals surface area (Å²) in [6, 6.07) is 2.96. The van der Waals surface area contributed by atoms with Crippen LogP contribution in [-0.4, -0.2) is 12.5 Å². The van der Waals surface area contributed by atoms with Crippen molar-refractivity contribution >= 4 is 23.6 Å². The number of benzene rings is 1. The lowest BCUT2D eigenvalue weighted by atomic mass is 10.1. The SMILES string of the molecule is CC(=O)NCC=Cc1cc(C)c(Cl)cc1F. The van der Waals surface area contributed by atoms with Crippen LogP contribution in [-0.2, 0) is 4.79 Å². The summed E-state index contributed by atoms with van der Waals surface area (Å²) >= 11 is 5.77. The van der Waals surface area contributed by atoms with E-state index in [-0.39, 0.29) is 11.7 Å².